The summed E-state index contributed by atoms with van der Waals surface area (Å²) in [7, 11) is -3.13. The first-order chi connectivity index (χ1) is 6.13. The molecule has 0 amide bonds. The van der Waals surface area contributed by atoms with Crippen LogP contribution in [0.2, 0.25) is 0 Å². The molecule has 0 spiro atoms. The maximum absolute atomic E-state index is 8.74. The van der Waals surface area contributed by atoms with Crippen molar-refractivity contribution >= 4 is 16.0 Å². The first kappa shape index (κ1) is 13.9. The molecule has 72 valence electrons. The Labute approximate surface area is 76.8 Å². The summed E-state index contributed by atoms with van der Waals surface area (Å²) in [6.45, 7) is 2.00. The number of rotatable bonds is 0. The molecule has 1 aromatic rings. The molecule has 0 aliphatic heterocycles. The van der Waals surface area contributed by atoms with Gasteiger partial charge in [-0.3, -0.25) is 4.46 Å². The van der Waals surface area contributed by atoms with E-state index in [0.717, 1.165) is 0 Å². The van der Waals surface area contributed by atoms with Gasteiger partial charge in [-0.25, -0.2) is 0 Å². The fourth-order valence-corrected chi connectivity index (χ4v) is 0.428. The Hall–Kier alpha value is -1.69. The number of aromatic hydroxyl groups is 1. The quantitative estimate of drug-likeness (QED) is 0.497. The van der Waals surface area contributed by atoms with Crippen LogP contribution in [0.25, 0.3) is 0 Å². The van der Waals surface area contributed by atoms with E-state index in [1.807, 2.05) is 12.9 Å². The number of para-hydroxylation sites is 1. The van der Waals surface area contributed by atoms with Crippen LogP contribution >= 0.6 is 0 Å². The average Bonchev–Trinajstić information content (AvgIpc) is 2.08. The van der Waals surface area contributed by atoms with Crippen LogP contribution in [0.3, 0.4) is 0 Å². The lowest BCUT2D eigenvalue weighted by Crippen LogP contribution is -1.90. The largest absolute Gasteiger partial charge is 0.761 e. The van der Waals surface area contributed by atoms with Crippen LogP contribution in [0.15, 0.2) is 30.3 Å². The van der Waals surface area contributed by atoms with E-state index in [-0.39, 0.29) is 0 Å². The Morgan fingerprint density at radius 2 is 1.38 bits per heavy atom. The highest BCUT2D eigenvalue weighted by molar-refractivity contribution is 6.22. The molecule has 5 nitrogen and oxygen atoms in total. The van der Waals surface area contributed by atoms with Gasteiger partial charge in [-0.1, -0.05) is 18.2 Å². The molecule has 0 bridgehead atoms. The van der Waals surface area contributed by atoms with Crippen molar-refractivity contribution in [2.75, 3.05) is 0 Å². The molecule has 0 atom stereocenters. The van der Waals surface area contributed by atoms with Gasteiger partial charge >= 0.3 is 9.17 Å². The van der Waals surface area contributed by atoms with Crippen LogP contribution in [0.1, 0.15) is 0 Å². The molecule has 1 aromatic carbocycles. The summed E-state index contributed by atoms with van der Waals surface area (Å²) >= 11 is 0. The molecular formula is C7H10O5Si. The fourth-order valence-electron chi connectivity index (χ4n) is 0.428. The number of carbonyl (C=O) groups is 1. The molecule has 0 saturated heterocycles. The van der Waals surface area contributed by atoms with Crippen molar-refractivity contribution in [1.82, 2.24) is 0 Å². The summed E-state index contributed by atoms with van der Waals surface area (Å²) in [4.78, 5) is 22.3. The molecule has 0 aliphatic rings. The van der Waals surface area contributed by atoms with Crippen molar-refractivity contribution in [2.45, 2.75) is 0 Å². The van der Waals surface area contributed by atoms with Gasteiger partial charge in [-0.05, 0) is 12.1 Å². The predicted octanol–water partition coefficient (Wildman–Crippen LogP) is -0.406. The second kappa shape index (κ2) is 10.3. The molecule has 1 rings (SSSR count). The highest BCUT2D eigenvalue weighted by Crippen LogP contribution is 2.02. The van der Waals surface area contributed by atoms with E-state index in [1.165, 1.54) is 0 Å². The SMILES string of the molecule is C=O.O=[Si](O)O.Oc1ccccc1. The molecule has 0 aliphatic carbocycles. The topological polar surface area (TPSA) is 94.8 Å². The zero-order valence-corrected chi connectivity index (χ0v) is 7.75. The summed E-state index contributed by atoms with van der Waals surface area (Å²) in [6.07, 6.45) is 0. The minimum absolute atomic E-state index is 0.322. The van der Waals surface area contributed by atoms with Gasteiger partial charge in [0.15, 0.2) is 0 Å². The summed E-state index contributed by atoms with van der Waals surface area (Å²) < 4.78 is 8.74. The van der Waals surface area contributed by atoms with Gasteiger partial charge in [0.2, 0.25) is 0 Å². The second-order valence-corrected chi connectivity index (χ2v) is 2.18. The smallest absolute Gasteiger partial charge is 0.511 e. The molecule has 0 heterocycles. The molecule has 3 N–H and O–H groups in total. The second-order valence-electron chi connectivity index (χ2n) is 1.62. The first-order valence-corrected chi connectivity index (χ1v) is 4.38. The van der Waals surface area contributed by atoms with E-state index in [0.29, 0.717) is 5.75 Å². The van der Waals surface area contributed by atoms with Gasteiger partial charge in [0.1, 0.15) is 12.5 Å². The van der Waals surface area contributed by atoms with Gasteiger partial charge < -0.3 is 19.5 Å². The van der Waals surface area contributed by atoms with Crippen molar-refractivity contribution < 1.29 is 24.0 Å². The number of phenols is 1. The lowest BCUT2D eigenvalue weighted by Gasteiger charge is -1.82. The van der Waals surface area contributed by atoms with Gasteiger partial charge in [0, 0.05) is 0 Å². The summed E-state index contributed by atoms with van der Waals surface area (Å²) in [5, 5.41) is 8.63. The van der Waals surface area contributed by atoms with E-state index in [2.05, 4.69) is 0 Å². The van der Waals surface area contributed by atoms with Gasteiger partial charge in [-0.15, -0.1) is 0 Å². The molecule has 0 saturated carbocycles. The normalized spacial score (nSPS) is 6.77. The minimum atomic E-state index is -3.13. The highest BCUT2D eigenvalue weighted by Gasteiger charge is 1.85. The van der Waals surface area contributed by atoms with Crippen LogP contribution in [0, 0.1) is 0 Å². The minimum Gasteiger partial charge on any atom is -0.511 e. The third kappa shape index (κ3) is 17.9. The molecule has 0 unspecified atom stereocenters. The van der Waals surface area contributed by atoms with Crippen LogP contribution in [-0.4, -0.2) is 30.7 Å². The van der Waals surface area contributed by atoms with Crippen LogP contribution in [0.4, 0.5) is 0 Å². The maximum Gasteiger partial charge on any atom is 0.761 e. The monoisotopic (exact) mass is 202 g/mol. The third-order valence-electron chi connectivity index (χ3n) is 0.756. The molecular weight excluding hydrogens is 192 g/mol. The maximum atomic E-state index is 8.74. The van der Waals surface area contributed by atoms with Gasteiger partial charge in [-0.2, -0.15) is 0 Å². The van der Waals surface area contributed by atoms with Gasteiger partial charge in [0.05, 0.1) is 0 Å². The summed E-state index contributed by atoms with van der Waals surface area (Å²) in [5.41, 5.74) is 0. The standard InChI is InChI=1S/C6H6O.CH2O.H2O3Si/c7-6-4-2-1-3-5-6;1-2;1-4(2)3/h1-5,7H;1H2;1-2H. The van der Waals surface area contributed by atoms with Crippen molar-refractivity contribution in [1.29, 1.82) is 0 Å². The molecule has 13 heavy (non-hydrogen) atoms. The lowest BCUT2D eigenvalue weighted by atomic mass is 10.3. The Bertz CT molecular complexity index is 222. The Morgan fingerprint density at radius 1 is 1.08 bits per heavy atom. The first-order valence-electron chi connectivity index (χ1n) is 3.07. The van der Waals surface area contributed by atoms with E-state index in [4.69, 9.17) is 24.0 Å². The van der Waals surface area contributed by atoms with E-state index >= 15 is 0 Å². The number of carbonyl (C=O) groups excluding carboxylic acids is 1. The Kier molecular flexibility index (Phi) is 11.0. The van der Waals surface area contributed by atoms with Crippen molar-refractivity contribution in [3.63, 3.8) is 0 Å². The van der Waals surface area contributed by atoms with Crippen molar-refractivity contribution in [3.05, 3.63) is 30.3 Å². The molecule has 6 heteroatoms. The lowest BCUT2D eigenvalue weighted by molar-refractivity contribution is -0.0979. The molecule has 0 aromatic heterocycles. The van der Waals surface area contributed by atoms with Crippen LogP contribution in [-0.2, 0) is 9.26 Å². The summed E-state index contributed by atoms with van der Waals surface area (Å²) in [6, 6.07) is 8.71. The number of benzene rings is 1. The van der Waals surface area contributed by atoms with E-state index in [9.17, 15) is 0 Å². The Morgan fingerprint density at radius 3 is 1.54 bits per heavy atom. The van der Waals surface area contributed by atoms with E-state index < -0.39 is 9.17 Å². The number of phenolic OH excluding ortho intramolecular Hbond substituents is 1. The Balaban J connectivity index is 0. The van der Waals surface area contributed by atoms with Crippen molar-refractivity contribution in [2.24, 2.45) is 0 Å². The van der Waals surface area contributed by atoms with Crippen molar-refractivity contribution in [3.8, 4) is 5.75 Å². The van der Waals surface area contributed by atoms with Gasteiger partial charge in [0.25, 0.3) is 0 Å². The summed E-state index contributed by atoms with van der Waals surface area (Å²) in [5.74, 6) is 0.322. The van der Waals surface area contributed by atoms with Crippen LogP contribution < -0.4 is 0 Å². The fraction of sp³-hybridized carbons (Fsp3) is 0. The zero-order valence-electron chi connectivity index (χ0n) is 6.75. The predicted molar refractivity (Wildman–Crippen MR) is 46.1 cm³/mol. The average molecular weight is 202 g/mol. The number of hydrogen-bond donors (Lipinski definition) is 3. The molecule has 0 fully saturated rings. The molecule has 0 radical (unpaired) electrons. The third-order valence-corrected chi connectivity index (χ3v) is 0.756. The zero-order chi connectivity index (χ0) is 10.7. The highest BCUT2D eigenvalue weighted by atomic mass is 28.3. The van der Waals surface area contributed by atoms with E-state index in [1.54, 1.807) is 24.3 Å². The number of hydrogen-bond acceptors (Lipinski definition) is 3. The van der Waals surface area contributed by atoms with Crippen LogP contribution in [0.5, 0.6) is 5.75 Å².